The average molecular weight is 483 g/mol. The molecule has 0 bridgehead atoms. The highest BCUT2D eigenvalue weighted by molar-refractivity contribution is 6.82. The second-order valence-electron chi connectivity index (χ2n) is 11.4. The summed E-state index contributed by atoms with van der Waals surface area (Å²) in [6.45, 7) is 13.5. The lowest BCUT2D eigenvalue weighted by Gasteiger charge is -2.49. The number of amides is 3. The third-order valence-corrected chi connectivity index (χ3v) is 12.0. The quantitative estimate of drug-likeness (QED) is 0.555. The third kappa shape index (κ3) is 3.90. The maximum absolute atomic E-state index is 13.4. The van der Waals surface area contributed by atoms with Crippen LogP contribution in [-0.2, 0) is 4.79 Å². The van der Waals surface area contributed by atoms with Gasteiger partial charge in [0, 0.05) is 10.6 Å². The van der Waals surface area contributed by atoms with Crippen molar-refractivity contribution in [2.45, 2.75) is 76.3 Å². The summed E-state index contributed by atoms with van der Waals surface area (Å²) in [6.07, 6.45) is 3.01. The fourth-order valence-corrected chi connectivity index (χ4v) is 8.28. The minimum absolute atomic E-state index is 0.103. The minimum atomic E-state index is -1.69. The number of aliphatic imine (C=N–C) groups is 1. The zero-order chi connectivity index (χ0) is 24.9. The van der Waals surface area contributed by atoms with Crippen molar-refractivity contribution in [2.24, 2.45) is 4.99 Å². The van der Waals surface area contributed by atoms with Gasteiger partial charge in [0.15, 0.2) is 0 Å². The van der Waals surface area contributed by atoms with Crippen LogP contribution < -0.4 is 10.6 Å². The van der Waals surface area contributed by atoms with E-state index in [1.807, 2.05) is 45.0 Å². The predicted octanol–water partition coefficient (Wildman–Crippen LogP) is 3.92. The number of amidine groups is 1. The molecule has 3 N–H and O–H groups in total. The Hall–Kier alpha value is -2.45. The Morgan fingerprint density at radius 2 is 1.88 bits per heavy atom. The van der Waals surface area contributed by atoms with Gasteiger partial charge >= 0.3 is 6.03 Å². The van der Waals surface area contributed by atoms with Crippen molar-refractivity contribution in [1.82, 2.24) is 15.5 Å². The van der Waals surface area contributed by atoms with Gasteiger partial charge in [0.1, 0.15) is 5.84 Å². The van der Waals surface area contributed by atoms with E-state index in [4.69, 9.17) is 0 Å². The molecule has 184 valence electrons. The lowest BCUT2D eigenvalue weighted by molar-refractivity contribution is -0.125. The zero-order valence-corrected chi connectivity index (χ0v) is 22.3. The van der Waals surface area contributed by atoms with Gasteiger partial charge in [-0.25, -0.2) is 4.79 Å². The van der Waals surface area contributed by atoms with Crippen LogP contribution in [0.1, 0.15) is 50.3 Å². The summed E-state index contributed by atoms with van der Waals surface area (Å²) in [5.74, 6) is 0.733. The monoisotopic (exact) mass is 482 g/mol. The Balaban J connectivity index is 1.49. The van der Waals surface area contributed by atoms with Crippen LogP contribution in [0.5, 0.6) is 0 Å². The number of carbonyl (C=O) groups is 2. The molecular formula is C26H38N4O3Si. The Labute approximate surface area is 203 Å². The number of rotatable bonds is 5. The van der Waals surface area contributed by atoms with Crippen molar-refractivity contribution in [2.75, 3.05) is 19.7 Å². The van der Waals surface area contributed by atoms with Crippen molar-refractivity contribution >= 4 is 25.8 Å². The Morgan fingerprint density at radius 1 is 1.21 bits per heavy atom. The van der Waals surface area contributed by atoms with Gasteiger partial charge in [-0.1, -0.05) is 50.3 Å². The molecule has 1 saturated carbocycles. The molecule has 0 aromatic heterocycles. The Morgan fingerprint density at radius 3 is 2.44 bits per heavy atom. The first-order valence-electron chi connectivity index (χ1n) is 12.3. The Bertz CT molecular complexity index is 1070. The summed E-state index contributed by atoms with van der Waals surface area (Å²) >= 11 is 0. The molecule has 2 heterocycles. The molecule has 3 amide bonds. The molecule has 0 saturated heterocycles. The van der Waals surface area contributed by atoms with Crippen LogP contribution in [0.3, 0.4) is 0 Å². The number of aliphatic hydroxyl groups excluding tert-OH is 1. The fraction of sp³-hybridized carbons (Fsp3) is 0.577. The van der Waals surface area contributed by atoms with Crippen molar-refractivity contribution in [1.29, 1.82) is 0 Å². The van der Waals surface area contributed by atoms with Gasteiger partial charge in [-0.05, 0) is 50.3 Å². The molecule has 1 aliphatic carbocycles. The highest BCUT2D eigenvalue weighted by Gasteiger charge is 2.54. The smallest absolute Gasteiger partial charge is 0.318 e. The molecule has 0 spiro atoms. The molecule has 8 heteroatoms. The van der Waals surface area contributed by atoms with E-state index in [1.54, 1.807) is 4.90 Å². The van der Waals surface area contributed by atoms with Gasteiger partial charge in [0.25, 0.3) is 0 Å². The van der Waals surface area contributed by atoms with Crippen LogP contribution in [0.15, 0.2) is 40.4 Å². The number of urea groups is 1. The lowest BCUT2D eigenvalue weighted by Crippen LogP contribution is -2.55. The number of benzene rings is 1. The molecule has 0 unspecified atom stereocenters. The van der Waals surface area contributed by atoms with Crippen LogP contribution in [0.2, 0.25) is 24.7 Å². The van der Waals surface area contributed by atoms with E-state index in [0.29, 0.717) is 18.9 Å². The van der Waals surface area contributed by atoms with Crippen LogP contribution >= 0.6 is 0 Å². The molecule has 4 rings (SSSR count). The highest BCUT2D eigenvalue weighted by atomic mass is 28.3. The van der Waals surface area contributed by atoms with Gasteiger partial charge in [-0.2, -0.15) is 0 Å². The first kappa shape index (κ1) is 24.7. The largest absolute Gasteiger partial charge is 0.394 e. The van der Waals surface area contributed by atoms with Crippen LogP contribution in [-0.4, -0.2) is 61.1 Å². The summed E-state index contributed by atoms with van der Waals surface area (Å²) in [5.41, 5.74) is 3.42. The molecule has 0 radical (unpaired) electrons. The number of aliphatic hydroxyl groups is 1. The molecule has 1 atom stereocenters. The molecular weight excluding hydrogens is 444 g/mol. The molecule has 1 aromatic carbocycles. The van der Waals surface area contributed by atoms with Gasteiger partial charge in [-0.3, -0.25) is 9.79 Å². The predicted molar refractivity (Wildman–Crippen MR) is 138 cm³/mol. The standard InChI is InChI=1S/C26H38N4O3Si/c1-17-10-7-8-11-18(17)21(16-31)28-24(33)30-15-19-20(25(30,2)3)14-27-22(19)29-23(32)26(12-9-13-26)34(4,5)6/h7-8,10-11,21,31H,9,12-16H2,1-6H3,(H,28,33)(H,27,29,32)/t21-/m1/s1. The molecule has 1 fully saturated rings. The van der Waals surface area contributed by atoms with Crippen LogP contribution in [0.25, 0.3) is 0 Å². The highest BCUT2D eigenvalue weighted by Crippen LogP contribution is 2.55. The molecule has 7 nitrogen and oxygen atoms in total. The topological polar surface area (TPSA) is 94.0 Å². The summed E-state index contributed by atoms with van der Waals surface area (Å²) < 4.78 is 0. The van der Waals surface area contributed by atoms with E-state index in [9.17, 15) is 14.7 Å². The molecule has 2 aliphatic heterocycles. The molecule has 3 aliphatic rings. The first-order valence-corrected chi connectivity index (χ1v) is 15.8. The molecule has 1 aromatic rings. The summed E-state index contributed by atoms with van der Waals surface area (Å²) in [7, 11) is -1.69. The minimum Gasteiger partial charge on any atom is -0.394 e. The van der Waals surface area contributed by atoms with Gasteiger partial charge < -0.3 is 20.6 Å². The van der Waals surface area contributed by atoms with E-state index in [0.717, 1.165) is 41.5 Å². The number of aryl methyl sites for hydroxylation is 1. The average Bonchev–Trinajstić information content (AvgIpc) is 3.23. The van der Waals surface area contributed by atoms with Crippen molar-refractivity contribution in [3.63, 3.8) is 0 Å². The van der Waals surface area contributed by atoms with Gasteiger partial charge in [0.05, 0.1) is 39.4 Å². The van der Waals surface area contributed by atoms with E-state index in [-0.39, 0.29) is 23.6 Å². The second kappa shape index (κ2) is 8.64. The van der Waals surface area contributed by atoms with E-state index in [2.05, 4.69) is 35.3 Å². The number of hydrogen-bond donors (Lipinski definition) is 3. The zero-order valence-electron chi connectivity index (χ0n) is 21.3. The summed E-state index contributed by atoms with van der Waals surface area (Å²) in [4.78, 5) is 33.2. The molecule has 34 heavy (non-hydrogen) atoms. The Kier molecular flexibility index (Phi) is 6.27. The van der Waals surface area contributed by atoms with Gasteiger partial charge in [-0.15, -0.1) is 0 Å². The first-order chi connectivity index (χ1) is 15.9. The normalized spacial score (nSPS) is 21.5. The van der Waals surface area contributed by atoms with Crippen LogP contribution in [0, 0.1) is 6.92 Å². The van der Waals surface area contributed by atoms with Crippen molar-refractivity contribution < 1.29 is 14.7 Å². The van der Waals surface area contributed by atoms with E-state index in [1.165, 1.54) is 0 Å². The number of carbonyl (C=O) groups excluding carboxylic acids is 2. The lowest BCUT2D eigenvalue weighted by atomic mass is 9.83. The summed E-state index contributed by atoms with van der Waals surface area (Å²) in [5, 5.41) is 16.0. The van der Waals surface area contributed by atoms with E-state index < -0.39 is 19.7 Å². The third-order valence-electron chi connectivity index (χ3n) is 8.37. The van der Waals surface area contributed by atoms with Crippen molar-refractivity contribution in [3.8, 4) is 0 Å². The van der Waals surface area contributed by atoms with Gasteiger partial charge in [0.2, 0.25) is 5.91 Å². The second-order valence-corrected chi connectivity index (χ2v) is 16.9. The SMILES string of the molecule is Cc1ccccc1[C@@H](CO)NC(=O)N1CC2=C(CN=C2NC(=O)C2([Si](C)(C)C)CCC2)C1(C)C. The van der Waals surface area contributed by atoms with Crippen molar-refractivity contribution in [3.05, 3.63) is 46.5 Å². The van der Waals surface area contributed by atoms with Crippen LogP contribution in [0.4, 0.5) is 4.79 Å². The summed E-state index contributed by atoms with van der Waals surface area (Å²) in [6, 6.07) is 7.04. The van der Waals surface area contributed by atoms with E-state index >= 15 is 0 Å². The number of nitrogens with zero attached hydrogens (tertiary/aromatic N) is 2. The number of hydrogen-bond acceptors (Lipinski definition) is 4. The fourth-order valence-electron chi connectivity index (χ4n) is 5.69. The number of nitrogens with one attached hydrogen (secondary N) is 2. The maximum atomic E-state index is 13.4. The maximum Gasteiger partial charge on any atom is 0.318 e.